The van der Waals surface area contributed by atoms with Crippen molar-refractivity contribution in [3.8, 4) is 0 Å². The van der Waals surface area contributed by atoms with Gasteiger partial charge in [-0.3, -0.25) is 4.79 Å². The average molecular weight is 378 g/mol. The highest BCUT2D eigenvalue weighted by Gasteiger charge is 2.45. The molecule has 1 aromatic carbocycles. The minimum absolute atomic E-state index is 0.150. The third kappa shape index (κ3) is 5.59. The number of carbonyl (C=O) groups is 2. The number of alkyl halides is 7. The number of rotatable bonds is 5. The van der Waals surface area contributed by atoms with Crippen LogP contribution in [-0.4, -0.2) is 42.8 Å². The van der Waals surface area contributed by atoms with Gasteiger partial charge in [0.05, 0.1) is 12.4 Å². The Labute approximate surface area is 136 Å². The first-order valence-corrected chi connectivity index (χ1v) is 6.77. The van der Waals surface area contributed by atoms with Crippen LogP contribution in [0.25, 0.3) is 0 Å². The van der Waals surface area contributed by atoms with Crippen LogP contribution in [0.2, 0.25) is 0 Å². The van der Waals surface area contributed by atoms with Gasteiger partial charge in [-0.2, -0.15) is 26.3 Å². The zero-order valence-electron chi connectivity index (χ0n) is 11.7. The molecular formula is C13H10ClF6NO3. The fraction of sp³-hybridized carbons (Fsp3) is 0.385. The Balaban J connectivity index is 3.03. The predicted octanol–water partition coefficient (Wildman–Crippen LogP) is 3.29. The molecule has 0 spiro atoms. The maximum atomic E-state index is 12.7. The van der Waals surface area contributed by atoms with Crippen molar-refractivity contribution in [3.63, 3.8) is 0 Å². The number of amides is 1. The van der Waals surface area contributed by atoms with Crippen LogP contribution in [0.3, 0.4) is 0 Å². The molecule has 11 heteroatoms. The van der Waals surface area contributed by atoms with E-state index >= 15 is 0 Å². The van der Waals surface area contributed by atoms with Crippen molar-refractivity contribution in [2.75, 3.05) is 17.3 Å². The first kappa shape index (κ1) is 20.1. The number of halogens is 7. The molecule has 134 valence electrons. The number of esters is 1. The van der Waals surface area contributed by atoms with Gasteiger partial charge in [-0.25, -0.2) is 4.79 Å². The lowest BCUT2D eigenvalue weighted by molar-refractivity contribution is -0.203. The zero-order chi connectivity index (χ0) is 18.5. The molecule has 0 heterocycles. The highest BCUT2D eigenvalue weighted by atomic mass is 35.5. The van der Waals surface area contributed by atoms with Crippen molar-refractivity contribution < 1.29 is 40.7 Å². The van der Waals surface area contributed by atoms with Gasteiger partial charge in [-0.15, -0.1) is 11.6 Å². The SMILES string of the molecule is O=C(OC(CCl)CN(C(=O)C(F)(F)F)c1ccccc1)C(F)(F)F. The Hall–Kier alpha value is -1.97. The molecule has 0 aliphatic carbocycles. The summed E-state index contributed by atoms with van der Waals surface area (Å²) in [4.78, 5) is 22.4. The molecule has 1 unspecified atom stereocenters. The van der Waals surface area contributed by atoms with Gasteiger partial charge >= 0.3 is 24.2 Å². The molecule has 1 rings (SSSR count). The molecule has 0 aromatic heterocycles. The van der Waals surface area contributed by atoms with E-state index in [1.54, 1.807) is 0 Å². The van der Waals surface area contributed by atoms with Crippen LogP contribution < -0.4 is 4.90 Å². The summed E-state index contributed by atoms with van der Waals surface area (Å²) in [6, 6.07) is 6.39. The fourth-order valence-electron chi connectivity index (χ4n) is 1.61. The molecule has 0 N–H and O–H groups in total. The summed E-state index contributed by atoms with van der Waals surface area (Å²) >= 11 is 5.35. The normalized spacial score (nSPS) is 13.3. The maximum absolute atomic E-state index is 12.7. The monoisotopic (exact) mass is 377 g/mol. The van der Waals surface area contributed by atoms with Crippen LogP contribution in [0.5, 0.6) is 0 Å². The Morgan fingerprint density at radius 1 is 1.04 bits per heavy atom. The predicted molar refractivity (Wildman–Crippen MR) is 71.5 cm³/mol. The Morgan fingerprint density at radius 2 is 1.58 bits per heavy atom. The second-order valence-corrected chi connectivity index (χ2v) is 4.74. The third-order valence-corrected chi connectivity index (χ3v) is 2.96. The highest BCUT2D eigenvalue weighted by molar-refractivity contribution is 6.18. The van der Waals surface area contributed by atoms with E-state index in [9.17, 15) is 35.9 Å². The minimum Gasteiger partial charge on any atom is -0.453 e. The van der Waals surface area contributed by atoms with E-state index in [-0.39, 0.29) is 10.6 Å². The van der Waals surface area contributed by atoms with Gasteiger partial charge in [-0.05, 0) is 12.1 Å². The lowest BCUT2D eigenvalue weighted by Crippen LogP contribution is -2.47. The smallest absolute Gasteiger partial charge is 0.453 e. The van der Waals surface area contributed by atoms with Crippen LogP contribution in [0.4, 0.5) is 32.0 Å². The van der Waals surface area contributed by atoms with Crippen molar-refractivity contribution in [2.45, 2.75) is 18.5 Å². The summed E-state index contributed by atoms with van der Waals surface area (Å²) in [6.07, 6.45) is -12.4. The van der Waals surface area contributed by atoms with Crippen molar-refractivity contribution in [1.29, 1.82) is 0 Å². The number of ether oxygens (including phenoxy) is 1. The lowest BCUT2D eigenvalue weighted by atomic mass is 10.2. The number of nitrogens with zero attached hydrogens (tertiary/aromatic N) is 1. The molecule has 0 fully saturated rings. The molecule has 24 heavy (non-hydrogen) atoms. The number of para-hydroxylation sites is 1. The van der Waals surface area contributed by atoms with Gasteiger partial charge < -0.3 is 9.64 Å². The first-order chi connectivity index (χ1) is 11.0. The van der Waals surface area contributed by atoms with Gasteiger partial charge in [0.2, 0.25) is 0 Å². The van der Waals surface area contributed by atoms with Crippen molar-refractivity contribution in [2.24, 2.45) is 0 Å². The molecule has 4 nitrogen and oxygen atoms in total. The van der Waals surface area contributed by atoms with E-state index in [0.29, 0.717) is 0 Å². The molecule has 0 radical (unpaired) electrons. The minimum atomic E-state index is -5.34. The molecule has 0 aliphatic heterocycles. The topological polar surface area (TPSA) is 46.6 Å². The van der Waals surface area contributed by atoms with Gasteiger partial charge in [0.25, 0.3) is 0 Å². The molecule has 0 saturated heterocycles. The van der Waals surface area contributed by atoms with Crippen LogP contribution in [0.1, 0.15) is 0 Å². The quantitative estimate of drug-likeness (QED) is 0.449. The van der Waals surface area contributed by atoms with Gasteiger partial charge in [0, 0.05) is 5.69 Å². The third-order valence-electron chi connectivity index (χ3n) is 2.62. The summed E-state index contributed by atoms with van der Waals surface area (Å²) < 4.78 is 78.6. The number of anilines is 1. The van der Waals surface area contributed by atoms with E-state index in [4.69, 9.17) is 11.6 Å². The summed E-state index contributed by atoms with van der Waals surface area (Å²) in [5.41, 5.74) is -0.238. The summed E-state index contributed by atoms with van der Waals surface area (Å²) in [7, 11) is 0. The molecule has 0 saturated carbocycles. The van der Waals surface area contributed by atoms with Crippen LogP contribution in [0.15, 0.2) is 30.3 Å². The summed E-state index contributed by atoms with van der Waals surface area (Å²) in [6.45, 7) is -0.992. The Bertz CT molecular complexity index is 575. The van der Waals surface area contributed by atoms with Crippen molar-refractivity contribution in [3.05, 3.63) is 30.3 Å². The maximum Gasteiger partial charge on any atom is 0.490 e. The fourth-order valence-corrected chi connectivity index (χ4v) is 1.77. The van der Waals surface area contributed by atoms with E-state index in [2.05, 4.69) is 4.74 Å². The number of hydrogen-bond acceptors (Lipinski definition) is 3. The number of carbonyl (C=O) groups excluding carboxylic acids is 2. The first-order valence-electron chi connectivity index (χ1n) is 6.24. The standard InChI is InChI=1S/C13H10ClF6NO3/c14-6-9(24-11(23)13(18,19)20)7-21(10(22)12(15,16)17)8-4-2-1-3-5-8/h1-5,9H,6-7H2. The Morgan fingerprint density at radius 3 is 2.00 bits per heavy atom. The zero-order valence-corrected chi connectivity index (χ0v) is 12.5. The lowest BCUT2D eigenvalue weighted by Gasteiger charge is -2.27. The van der Waals surface area contributed by atoms with E-state index in [1.807, 2.05) is 0 Å². The largest absolute Gasteiger partial charge is 0.490 e. The Kier molecular flexibility index (Phi) is 6.47. The van der Waals surface area contributed by atoms with Crippen LogP contribution in [-0.2, 0) is 14.3 Å². The summed E-state index contributed by atoms with van der Waals surface area (Å²) in [5, 5.41) is 0. The molecular weight excluding hydrogens is 368 g/mol. The van der Waals surface area contributed by atoms with Gasteiger partial charge in [0.15, 0.2) is 0 Å². The second-order valence-electron chi connectivity index (χ2n) is 4.43. The van der Waals surface area contributed by atoms with Crippen molar-refractivity contribution in [1.82, 2.24) is 0 Å². The van der Waals surface area contributed by atoms with Crippen molar-refractivity contribution >= 4 is 29.2 Å². The van der Waals surface area contributed by atoms with E-state index < -0.39 is 42.8 Å². The molecule has 1 aromatic rings. The number of hydrogen-bond donors (Lipinski definition) is 0. The van der Waals surface area contributed by atoms with E-state index in [1.165, 1.54) is 18.2 Å². The van der Waals surface area contributed by atoms with Gasteiger partial charge in [-0.1, -0.05) is 18.2 Å². The van der Waals surface area contributed by atoms with Crippen LogP contribution in [0, 0.1) is 0 Å². The molecule has 1 atom stereocenters. The van der Waals surface area contributed by atoms with Gasteiger partial charge in [0.1, 0.15) is 6.10 Å². The van der Waals surface area contributed by atoms with E-state index in [0.717, 1.165) is 12.1 Å². The molecule has 1 amide bonds. The average Bonchev–Trinajstić information content (AvgIpc) is 2.49. The summed E-state index contributed by atoms with van der Waals surface area (Å²) in [5.74, 6) is -5.68. The highest BCUT2D eigenvalue weighted by Crippen LogP contribution is 2.25. The second kappa shape index (κ2) is 7.73. The molecule has 0 bridgehead atoms. The number of benzene rings is 1. The van der Waals surface area contributed by atoms with Crippen LogP contribution >= 0.6 is 11.6 Å². The molecule has 0 aliphatic rings.